The van der Waals surface area contributed by atoms with Crippen LogP contribution in [-0.4, -0.2) is 24.3 Å². The molecule has 0 fully saturated rings. The van der Waals surface area contributed by atoms with Crippen molar-refractivity contribution in [1.29, 1.82) is 0 Å². The Morgan fingerprint density at radius 1 is 1.25 bits per heavy atom. The number of rotatable bonds is 5. The maximum absolute atomic E-state index is 11.2. The Morgan fingerprint density at radius 2 is 1.88 bits per heavy atom. The third-order valence-corrected chi connectivity index (χ3v) is 2.00. The Balaban J connectivity index is 2.44. The lowest BCUT2D eigenvalue weighted by molar-refractivity contribution is -0.155. The average Bonchev–Trinajstić information content (AvgIpc) is 2.35. The lowest BCUT2D eigenvalue weighted by Gasteiger charge is -2.07. The van der Waals surface area contributed by atoms with Gasteiger partial charge in [0.25, 0.3) is 5.78 Å². The maximum atomic E-state index is 11.2. The van der Waals surface area contributed by atoms with E-state index in [1.54, 1.807) is 12.1 Å². The Morgan fingerprint density at radius 3 is 2.44 bits per heavy atom. The lowest BCUT2D eigenvalue weighted by Crippen LogP contribution is -2.42. The molecule has 86 valence electrons. The molecule has 5 nitrogen and oxygen atoms in total. The van der Waals surface area contributed by atoms with E-state index in [1.807, 2.05) is 18.2 Å². The second-order valence-corrected chi connectivity index (χ2v) is 3.27. The van der Waals surface area contributed by atoms with Gasteiger partial charge in [-0.3, -0.25) is 4.79 Å². The normalized spacial score (nSPS) is 11.9. The van der Waals surface area contributed by atoms with Gasteiger partial charge in [-0.1, -0.05) is 30.3 Å². The first-order valence-electron chi connectivity index (χ1n) is 4.85. The number of carbonyl (C=O) groups is 2. The Hall–Kier alpha value is -1.72. The minimum Gasteiger partial charge on any atom is -0.455 e. The van der Waals surface area contributed by atoms with Crippen molar-refractivity contribution < 1.29 is 14.3 Å². The number of hydrogen-bond acceptors (Lipinski definition) is 5. The lowest BCUT2D eigenvalue weighted by atomic mass is 10.2. The van der Waals surface area contributed by atoms with Crippen molar-refractivity contribution in [2.75, 3.05) is 6.54 Å². The first-order chi connectivity index (χ1) is 7.65. The first kappa shape index (κ1) is 12.4. The molecule has 0 aromatic heterocycles. The maximum Gasteiger partial charge on any atom is 0.376 e. The topological polar surface area (TPSA) is 95.4 Å². The minimum atomic E-state index is -0.983. The van der Waals surface area contributed by atoms with Gasteiger partial charge in [0.05, 0.1) is 6.04 Å². The molecule has 1 aromatic rings. The molecule has 1 atom stereocenters. The number of ketones is 1. The van der Waals surface area contributed by atoms with Gasteiger partial charge in [-0.05, 0) is 5.56 Å². The van der Waals surface area contributed by atoms with E-state index in [2.05, 4.69) is 0 Å². The third-order valence-electron chi connectivity index (χ3n) is 2.00. The van der Waals surface area contributed by atoms with E-state index < -0.39 is 17.8 Å². The summed E-state index contributed by atoms with van der Waals surface area (Å²) in [6.45, 7) is -0.0119. The molecule has 0 amide bonds. The second kappa shape index (κ2) is 5.99. The van der Waals surface area contributed by atoms with Crippen LogP contribution < -0.4 is 11.5 Å². The fourth-order valence-corrected chi connectivity index (χ4v) is 1.05. The van der Waals surface area contributed by atoms with Gasteiger partial charge in [-0.25, -0.2) is 4.79 Å². The van der Waals surface area contributed by atoms with Gasteiger partial charge in [-0.2, -0.15) is 0 Å². The predicted molar refractivity (Wildman–Crippen MR) is 58.3 cm³/mol. The highest BCUT2D eigenvalue weighted by molar-refractivity contribution is 6.35. The summed E-state index contributed by atoms with van der Waals surface area (Å²) in [5.74, 6) is -1.74. The van der Waals surface area contributed by atoms with Crippen LogP contribution in [0.5, 0.6) is 0 Å². The molecule has 0 aliphatic rings. The fourth-order valence-electron chi connectivity index (χ4n) is 1.05. The standard InChI is InChI=1S/C11H14N2O3/c12-6-9(13)10(14)11(15)16-7-8-4-2-1-3-5-8/h1-5,9H,6-7,12-13H2/t9-/m0/s1. The van der Waals surface area contributed by atoms with Crippen LogP contribution in [0.2, 0.25) is 0 Å². The van der Waals surface area contributed by atoms with Crippen molar-refractivity contribution in [2.24, 2.45) is 11.5 Å². The molecule has 0 saturated carbocycles. The summed E-state index contributed by atoms with van der Waals surface area (Å²) in [4.78, 5) is 22.4. The van der Waals surface area contributed by atoms with Crippen molar-refractivity contribution in [3.8, 4) is 0 Å². The van der Waals surface area contributed by atoms with Crippen molar-refractivity contribution in [2.45, 2.75) is 12.6 Å². The van der Waals surface area contributed by atoms with Crippen molar-refractivity contribution in [3.05, 3.63) is 35.9 Å². The first-order valence-corrected chi connectivity index (χ1v) is 4.85. The summed E-state index contributed by atoms with van der Waals surface area (Å²) in [5.41, 5.74) is 11.3. The molecule has 0 aliphatic heterocycles. The number of ether oxygens (including phenoxy) is 1. The largest absolute Gasteiger partial charge is 0.455 e. The van der Waals surface area contributed by atoms with E-state index in [1.165, 1.54) is 0 Å². The molecule has 1 aromatic carbocycles. The van der Waals surface area contributed by atoms with E-state index >= 15 is 0 Å². The van der Waals surface area contributed by atoms with Crippen LogP contribution in [-0.2, 0) is 20.9 Å². The number of hydrogen-bond donors (Lipinski definition) is 2. The molecule has 0 spiro atoms. The second-order valence-electron chi connectivity index (χ2n) is 3.27. The number of esters is 1. The summed E-state index contributed by atoms with van der Waals surface area (Å²) in [7, 11) is 0. The molecule has 0 radical (unpaired) electrons. The summed E-state index contributed by atoms with van der Waals surface area (Å²) in [5, 5.41) is 0. The van der Waals surface area contributed by atoms with Gasteiger partial charge in [0.15, 0.2) is 0 Å². The molecule has 4 N–H and O–H groups in total. The Bertz CT molecular complexity index is 365. The smallest absolute Gasteiger partial charge is 0.376 e. The van der Waals surface area contributed by atoms with Crippen LogP contribution in [0.15, 0.2) is 30.3 Å². The average molecular weight is 222 g/mol. The van der Waals surface area contributed by atoms with Gasteiger partial charge in [0.2, 0.25) is 0 Å². The zero-order valence-corrected chi connectivity index (χ0v) is 8.76. The number of carbonyl (C=O) groups excluding carboxylic acids is 2. The van der Waals surface area contributed by atoms with Crippen LogP contribution in [0.3, 0.4) is 0 Å². The third kappa shape index (κ3) is 3.45. The molecule has 16 heavy (non-hydrogen) atoms. The fraction of sp³-hybridized carbons (Fsp3) is 0.273. The number of nitrogens with two attached hydrogens (primary N) is 2. The van der Waals surface area contributed by atoms with Gasteiger partial charge < -0.3 is 16.2 Å². The summed E-state index contributed by atoms with van der Waals surface area (Å²) in [6.07, 6.45) is 0. The molecule has 0 saturated heterocycles. The van der Waals surface area contributed by atoms with Crippen molar-refractivity contribution in [1.82, 2.24) is 0 Å². The van der Waals surface area contributed by atoms with Gasteiger partial charge >= 0.3 is 5.97 Å². The molecule has 0 bridgehead atoms. The number of benzene rings is 1. The van der Waals surface area contributed by atoms with Gasteiger partial charge in [0.1, 0.15) is 6.61 Å². The Kier molecular flexibility index (Phi) is 4.63. The zero-order chi connectivity index (χ0) is 12.0. The van der Waals surface area contributed by atoms with E-state index in [0.29, 0.717) is 0 Å². The molecule has 0 unspecified atom stereocenters. The molecule has 1 rings (SSSR count). The zero-order valence-electron chi connectivity index (χ0n) is 8.76. The summed E-state index contributed by atoms with van der Waals surface area (Å²) >= 11 is 0. The van der Waals surface area contributed by atoms with E-state index in [9.17, 15) is 9.59 Å². The van der Waals surface area contributed by atoms with E-state index in [0.717, 1.165) is 5.56 Å². The molecule has 0 heterocycles. The molecule has 0 aliphatic carbocycles. The minimum absolute atomic E-state index is 0.0582. The van der Waals surface area contributed by atoms with Crippen molar-refractivity contribution in [3.63, 3.8) is 0 Å². The SMILES string of the molecule is NC[C@H](N)C(=O)C(=O)OCc1ccccc1. The van der Waals surface area contributed by atoms with Crippen LogP contribution in [0.1, 0.15) is 5.56 Å². The summed E-state index contributed by atoms with van der Waals surface area (Å²) in [6, 6.07) is 8.08. The highest BCUT2D eigenvalue weighted by Crippen LogP contribution is 2.01. The highest BCUT2D eigenvalue weighted by atomic mass is 16.5. The summed E-state index contributed by atoms with van der Waals surface area (Å²) < 4.78 is 4.79. The van der Waals surface area contributed by atoms with Gasteiger partial charge in [0, 0.05) is 6.54 Å². The van der Waals surface area contributed by atoms with E-state index in [4.69, 9.17) is 16.2 Å². The van der Waals surface area contributed by atoms with Crippen LogP contribution in [0.25, 0.3) is 0 Å². The predicted octanol–water partition coefficient (Wildman–Crippen LogP) is -0.415. The van der Waals surface area contributed by atoms with E-state index in [-0.39, 0.29) is 13.2 Å². The van der Waals surface area contributed by atoms with Crippen LogP contribution in [0.4, 0.5) is 0 Å². The van der Waals surface area contributed by atoms with Gasteiger partial charge in [-0.15, -0.1) is 0 Å². The molecule has 5 heteroatoms. The molecular weight excluding hydrogens is 208 g/mol. The van der Waals surface area contributed by atoms with Crippen molar-refractivity contribution >= 4 is 11.8 Å². The highest BCUT2D eigenvalue weighted by Gasteiger charge is 2.21. The van der Waals surface area contributed by atoms with Crippen LogP contribution in [0, 0.1) is 0 Å². The van der Waals surface area contributed by atoms with Crippen LogP contribution >= 0.6 is 0 Å². The quantitative estimate of drug-likeness (QED) is 0.521. The monoisotopic (exact) mass is 222 g/mol. The Labute approximate surface area is 93.4 Å². The number of Topliss-reactive ketones (excluding diaryl/α,β-unsaturated/α-hetero) is 1. The molecular formula is C11H14N2O3.